The lowest BCUT2D eigenvalue weighted by Gasteiger charge is -2.30. The minimum absolute atomic E-state index is 0.0805. The van der Waals surface area contributed by atoms with Crippen LogP contribution in [0.4, 0.5) is 0 Å². The molecular weight excluding hydrogens is 412 g/mol. The van der Waals surface area contributed by atoms with E-state index < -0.39 is 0 Å². The molecule has 1 saturated heterocycles. The second-order valence-electron chi connectivity index (χ2n) is 8.63. The van der Waals surface area contributed by atoms with Crippen LogP contribution in [-0.2, 0) is 24.3 Å². The number of hydrogen-bond donors (Lipinski definition) is 1. The van der Waals surface area contributed by atoms with Crippen molar-refractivity contribution in [2.75, 3.05) is 20.2 Å². The second kappa shape index (κ2) is 10.1. The Labute approximate surface area is 194 Å². The molecular formula is C27H30N4O2. The number of nitrogens with one attached hydrogen (secondary N) is 1. The first-order chi connectivity index (χ1) is 16.3. The van der Waals surface area contributed by atoms with Crippen molar-refractivity contribution in [3.8, 4) is 5.75 Å². The first kappa shape index (κ1) is 21.6. The molecule has 0 spiro atoms. The van der Waals surface area contributed by atoms with Crippen molar-refractivity contribution in [3.63, 3.8) is 0 Å². The average Bonchev–Trinajstić information content (AvgIpc) is 3.35. The molecule has 0 amide bonds. The minimum Gasteiger partial charge on any atom is -0.497 e. The van der Waals surface area contributed by atoms with E-state index in [4.69, 9.17) is 9.47 Å². The lowest BCUT2D eigenvalue weighted by molar-refractivity contribution is 0.00969. The van der Waals surface area contributed by atoms with E-state index in [2.05, 4.69) is 76.4 Å². The van der Waals surface area contributed by atoms with Gasteiger partial charge in [-0.15, -0.1) is 5.10 Å². The summed E-state index contributed by atoms with van der Waals surface area (Å²) in [6.07, 6.45) is 4.07. The third kappa shape index (κ3) is 5.24. The first-order valence-electron chi connectivity index (χ1n) is 11.6. The molecule has 0 unspecified atom stereocenters. The van der Waals surface area contributed by atoms with Crippen LogP contribution in [0, 0.1) is 0 Å². The SMILES string of the molecule is COc1ccc(CCn2cc([C@@H]3CCNC[C@H]3OCc3ccc4ccccc4c3)nn2)cc1. The Bertz CT molecular complexity index is 1190. The molecule has 1 aliphatic heterocycles. The monoisotopic (exact) mass is 442 g/mol. The van der Waals surface area contributed by atoms with Crippen molar-refractivity contribution in [2.24, 2.45) is 0 Å². The Kier molecular flexibility index (Phi) is 6.65. The van der Waals surface area contributed by atoms with Crippen LogP contribution in [-0.4, -0.2) is 41.3 Å². The maximum absolute atomic E-state index is 6.39. The Hall–Kier alpha value is -3.22. The van der Waals surface area contributed by atoms with Gasteiger partial charge in [-0.2, -0.15) is 0 Å². The summed E-state index contributed by atoms with van der Waals surface area (Å²) in [5, 5.41) is 14.9. The summed E-state index contributed by atoms with van der Waals surface area (Å²) in [7, 11) is 1.69. The summed E-state index contributed by atoms with van der Waals surface area (Å²) >= 11 is 0. The van der Waals surface area contributed by atoms with Crippen LogP contribution in [0.2, 0.25) is 0 Å². The van der Waals surface area contributed by atoms with Crippen LogP contribution >= 0.6 is 0 Å². The third-order valence-corrected chi connectivity index (χ3v) is 6.43. The van der Waals surface area contributed by atoms with E-state index >= 15 is 0 Å². The van der Waals surface area contributed by atoms with Gasteiger partial charge < -0.3 is 14.8 Å². The van der Waals surface area contributed by atoms with Crippen LogP contribution in [0.25, 0.3) is 10.8 Å². The Morgan fingerprint density at radius 2 is 1.82 bits per heavy atom. The molecule has 4 aromatic rings. The molecule has 0 bridgehead atoms. The second-order valence-corrected chi connectivity index (χ2v) is 8.63. The maximum atomic E-state index is 6.39. The van der Waals surface area contributed by atoms with Crippen molar-refractivity contribution >= 4 is 10.8 Å². The first-order valence-corrected chi connectivity index (χ1v) is 11.6. The van der Waals surface area contributed by atoms with Crippen molar-refractivity contribution in [3.05, 3.63) is 89.7 Å². The summed E-state index contributed by atoms with van der Waals surface area (Å²) in [4.78, 5) is 0. The van der Waals surface area contributed by atoms with E-state index in [1.807, 2.05) is 16.8 Å². The molecule has 1 aliphatic rings. The molecule has 0 saturated carbocycles. The standard InChI is InChI=1S/C27H30N4O2/c1-32-24-10-7-20(8-11-24)13-15-31-18-26(29-30-31)25-12-14-28-17-27(25)33-19-21-6-9-22-4-2-3-5-23(22)16-21/h2-11,16,18,25,27-28H,12-15,17,19H2,1H3/t25-,27+/m0/s1. The summed E-state index contributed by atoms with van der Waals surface area (Å²) in [6.45, 7) is 3.20. The molecule has 6 heteroatoms. The van der Waals surface area contributed by atoms with Gasteiger partial charge >= 0.3 is 0 Å². The van der Waals surface area contributed by atoms with Gasteiger partial charge in [0.05, 0.1) is 25.5 Å². The van der Waals surface area contributed by atoms with E-state index in [-0.39, 0.29) is 12.0 Å². The van der Waals surface area contributed by atoms with Gasteiger partial charge in [-0.25, -0.2) is 0 Å². The summed E-state index contributed by atoms with van der Waals surface area (Å²) in [5.74, 6) is 1.13. The van der Waals surface area contributed by atoms with Crippen molar-refractivity contribution in [1.82, 2.24) is 20.3 Å². The maximum Gasteiger partial charge on any atom is 0.118 e. The van der Waals surface area contributed by atoms with E-state index in [0.717, 1.165) is 43.9 Å². The smallest absolute Gasteiger partial charge is 0.118 e. The summed E-state index contributed by atoms with van der Waals surface area (Å²) in [6, 6.07) is 23.2. The van der Waals surface area contributed by atoms with Gasteiger partial charge in [0.1, 0.15) is 5.75 Å². The van der Waals surface area contributed by atoms with Crippen molar-refractivity contribution < 1.29 is 9.47 Å². The van der Waals surface area contributed by atoms with Gasteiger partial charge in [0, 0.05) is 25.2 Å². The van der Waals surface area contributed by atoms with E-state index in [1.165, 1.54) is 21.9 Å². The summed E-state index contributed by atoms with van der Waals surface area (Å²) in [5.41, 5.74) is 3.47. The molecule has 5 rings (SSSR count). The number of methoxy groups -OCH3 is 1. The fourth-order valence-electron chi connectivity index (χ4n) is 4.50. The number of rotatable bonds is 8. The zero-order chi connectivity index (χ0) is 22.5. The number of piperidine rings is 1. The van der Waals surface area contributed by atoms with Crippen LogP contribution in [0.1, 0.15) is 29.2 Å². The predicted octanol–water partition coefficient (Wildman–Crippen LogP) is 4.34. The van der Waals surface area contributed by atoms with Crippen LogP contribution in [0.15, 0.2) is 72.9 Å². The Balaban J connectivity index is 1.21. The lowest BCUT2D eigenvalue weighted by atomic mass is 9.92. The number of benzene rings is 3. The van der Waals surface area contributed by atoms with Crippen LogP contribution in [0.5, 0.6) is 5.75 Å². The largest absolute Gasteiger partial charge is 0.497 e. The zero-order valence-electron chi connectivity index (χ0n) is 19.0. The molecule has 170 valence electrons. The minimum atomic E-state index is 0.0805. The fourth-order valence-corrected chi connectivity index (χ4v) is 4.50. The molecule has 6 nitrogen and oxygen atoms in total. The molecule has 1 N–H and O–H groups in total. The number of nitrogens with zero attached hydrogens (tertiary/aromatic N) is 3. The normalized spacial score (nSPS) is 18.5. The molecule has 2 heterocycles. The molecule has 1 aromatic heterocycles. The van der Waals surface area contributed by atoms with E-state index in [9.17, 15) is 0 Å². The third-order valence-electron chi connectivity index (χ3n) is 6.43. The number of aryl methyl sites for hydroxylation is 2. The molecule has 1 fully saturated rings. The van der Waals surface area contributed by atoms with Gasteiger partial charge in [-0.05, 0) is 59.5 Å². The molecule has 33 heavy (non-hydrogen) atoms. The zero-order valence-corrected chi connectivity index (χ0v) is 19.0. The highest BCUT2D eigenvalue weighted by Crippen LogP contribution is 2.27. The van der Waals surface area contributed by atoms with Gasteiger partial charge in [-0.3, -0.25) is 4.68 Å². The molecule has 2 atom stereocenters. The number of ether oxygens (including phenoxy) is 2. The Morgan fingerprint density at radius 1 is 1.00 bits per heavy atom. The molecule has 0 aliphatic carbocycles. The van der Waals surface area contributed by atoms with Crippen LogP contribution < -0.4 is 10.1 Å². The fraction of sp³-hybridized carbons (Fsp3) is 0.333. The van der Waals surface area contributed by atoms with Crippen molar-refractivity contribution in [2.45, 2.75) is 38.0 Å². The molecule has 0 radical (unpaired) electrons. The predicted molar refractivity (Wildman–Crippen MR) is 129 cm³/mol. The number of fused-ring (bicyclic) bond motifs is 1. The van der Waals surface area contributed by atoms with Gasteiger partial charge in [0.15, 0.2) is 0 Å². The quantitative estimate of drug-likeness (QED) is 0.440. The highest BCUT2D eigenvalue weighted by Gasteiger charge is 2.29. The highest BCUT2D eigenvalue weighted by molar-refractivity contribution is 5.82. The molecule has 3 aromatic carbocycles. The average molecular weight is 443 g/mol. The number of hydrogen-bond acceptors (Lipinski definition) is 5. The van der Waals surface area contributed by atoms with Gasteiger partial charge in [0.25, 0.3) is 0 Å². The van der Waals surface area contributed by atoms with Crippen molar-refractivity contribution in [1.29, 1.82) is 0 Å². The van der Waals surface area contributed by atoms with Crippen LogP contribution in [0.3, 0.4) is 0 Å². The highest BCUT2D eigenvalue weighted by atomic mass is 16.5. The Morgan fingerprint density at radius 3 is 2.67 bits per heavy atom. The van der Waals surface area contributed by atoms with E-state index in [0.29, 0.717) is 6.61 Å². The van der Waals surface area contributed by atoms with E-state index in [1.54, 1.807) is 7.11 Å². The lowest BCUT2D eigenvalue weighted by Crippen LogP contribution is -2.41. The summed E-state index contributed by atoms with van der Waals surface area (Å²) < 4.78 is 13.6. The number of aromatic nitrogens is 3. The van der Waals surface area contributed by atoms with Gasteiger partial charge in [-0.1, -0.05) is 53.7 Å². The van der Waals surface area contributed by atoms with Gasteiger partial charge in [0.2, 0.25) is 0 Å². The topological polar surface area (TPSA) is 61.2 Å².